The Bertz CT molecular complexity index is 534. The van der Waals surface area contributed by atoms with E-state index in [-0.39, 0.29) is 16.5 Å². The highest BCUT2D eigenvalue weighted by Gasteiger charge is 2.23. The van der Waals surface area contributed by atoms with Crippen LogP contribution in [0.3, 0.4) is 0 Å². The molecule has 0 aromatic heterocycles. The van der Waals surface area contributed by atoms with Gasteiger partial charge < -0.3 is 4.90 Å². The van der Waals surface area contributed by atoms with Crippen molar-refractivity contribution in [2.24, 2.45) is 0 Å². The third-order valence-corrected chi connectivity index (χ3v) is 5.41. The molecular formula is C17H24ClFN2OS. The van der Waals surface area contributed by atoms with Crippen molar-refractivity contribution in [3.05, 3.63) is 34.6 Å². The molecule has 1 aliphatic rings. The van der Waals surface area contributed by atoms with Crippen LogP contribution in [0.4, 0.5) is 4.39 Å². The molecule has 1 heterocycles. The summed E-state index contributed by atoms with van der Waals surface area (Å²) in [5.41, 5.74) is 0.539. The molecule has 0 atom stereocenters. The summed E-state index contributed by atoms with van der Waals surface area (Å²) < 4.78 is 13.9. The molecule has 0 spiro atoms. The monoisotopic (exact) mass is 358 g/mol. The van der Waals surface area contributed by atoms with E-state index in [9.17, 15) is 9.18 Å². The molecule has 3 nitrogen and oxygen atoms in total. The molecule has 0 N–H and O–H groups in total. The average Bonchev–Trinajstić information content (AvgIpc) is 2.49. The molecule has 1 aromatic rings. The first kappa shape index (κ1) is 18.6. The van der Waals surface area contributed by atoms with Gasteiger partial charge in [0.15, 0.2) is 0 Å². The van der Waals surface area contributed by atoms with Crippen LogP contribution in [0.5, 0.6) is 0 Å². The molecule has 2 rings (SSSR count). The van der Waals surface area contributed by atoms with Crippen molar-refractivity contribution >= 4 is 29.3 Å². The van der Waals surface area contributed by atoms with Gasteiger partial charge in [0.2, 0.25) is 5.91 Å². The van der Waals surface area contributed by atoms with Gasteiger partial charge in [0, 0.05) is 48.1 Å². The van der Waals surface area contributed by atoms with E-state index in [0.717, 1.165) is 13.1 Å². The summed E-state index contributed by atoms with van der Waals surface area (Å²) in [6.07, 6.45) is 0. The lowest BCUT2D eigenvalue weighted by molar-refractivity contribution is -0.130. The standard InChI is InChI=1S/C17H24ClFN2OS/c1-17(2,3)23-12-16(22)21-9-7-20(8-10-21)11-13-14(18)5-4-6-15(13)19/h4-6H,7-12H2,1-3H3. The van der Waals surface area contributed by atoms with Crippen molar-refractivity contribution in [2.75, 3.05) is 31.9 Å². The van der Waals surface area contributed by atoms with E-state index >= 15 is 0 Å². The molecule has 1 aromatic carbocycles. The Morgan fingerprint density at radius 3 is 2.48 bits per heavy atom. The molecule has 23 heavy (non-hydrogen) atoms. The predicted octanol–water partition coefficient (Wildman–Crippen LogP) is 3.66. The molecule has 0 radical (unpaired) electrons. The van der Waals surface area contributed by atoms with Crippen LogP contribution in [0, 0.1) is 5.82 Å². The summed E-state index contributed by atoms with van der Waals surface area (Å²) in [6.45, 7) is 9.70. The van der Waals surface area contributed by atoms with Gasteiger partial charge in [-0.1, -0.05) is 38.4 Å². The van der Waals surface area contributed by atoms with E-state index in [2.05, 4.69) is 25.7 Å². The predicted molar refractivity (Wildman–Crippen MR) is 95.5 cm³/mol. The second-order valence-electron chi connectivity index (χ2n) is 6.76. The van der Waals surface area contributed by atoms with Crippen molar-refractivity contribution in [2.45, 2.75) is 32.1 Å². The summed E-state index contributed by atoms with van der Waals surface area (Å²) in [7, 11) is 0. The average molecular weight is 359 g/mol. The number of benzene rings is 1. The van der Waals surface area contributed by atoms with Gasteiger partial charge in [-0.25, -0.2) is 4.39 Å². The number of piperazine rings is 1. The van der Waals surface area contributed by atoms with E-state index < -0.39 is 0 Å². The van der Waals surface area contributed by atoms with Crippen molar-refractivity contribution in [3.8, 4) is 0 Å². The van der Waals surface area contributed by atoms with Gasteiger partial charge in [-0.3, -0.25) is 9.69 Å². The largest absolute Gasteiger partial charge is 0.339 e. The molecule has 1 fully saturated rings. The fourth-order valence-corrected chi connectivity index (χ4v) is 3.39. The Labute approximate surface area is 147 Å². The lowest BCUT2D eigenvalue weighted by atomic mass is 10.2. The van der Waals surface area contributed by atoms with Crippen LogP contribution in [0.2, 0.25) is 5.02 Å². The third-order valence-electron chi connectivity index (χ3n) is 3.80. The second-order valence-corrected chi connectivity index (χ2v) is 8.97. The van der Waals surface area contributed by atoms with Gasteiger partial charge in [-0.15, -0.1) is 11.8 Å². The first-order chi connectivity index (χ1) is 10.8. The van der Waals surface area contributed by atoms with Crippen LogP contribution >= 0.6 is 23.4 Å². The van der Waals surface area contributed by atoms with Gasteiger partial charge in [0.05, 0.1) is 5.75 Å². The minimum absolute atomic E-state index is 0.0963. The van der Waals surface area contributed by atoms with Crippen LogP contribution in [0.15, 0.2) is 18.2 Å². The molecule has 0 bridgehead atoms. The van der Waals surface area contributed by atoms with Crippen molar-refractivity contribution in [3.63, 3.8) is 0 Å². The Morgan fingerprint density at radius 1 is 1.26 bits per heavy atom. The maximum Gasteiger partial charge on any atom is 0.232 e. The van der Waals surface area contributed by atoms with Gasteiger partial charge in [0.1, 0.15) is 5.82 Å². The zero-order valence-electron chi connectivity index (χ0n) is 13.9. The van der Waals surface area contributed by atoms with Crippen molar-refractivity contribution in [1.29, 1.82) is 0 Å². The summed E-state index contributed by atoms with van der Waals surface area (Å²) in [5.74, 6) is 0.439. The fourth-order valence-electron chi connectivity index (χ4n) is 2.43. The normalized spacial score (nSPS) is 16.7. The lowest BCUT2D eigenvalue weighted by Crippen LogP contribution is -2.49. The molecule has 0 saturated carbocycles. The number of thioether (sulfide) groups is 1. The SMILES string of the molecule is CC(C)(C)SCC(=O)N1CCN(Cc2c(F)cccc2Cl)CC1. The van der Waals surface area contributed by atoms with Crippen molar-refractivity contribution in [1.82, 2.24) is 9.80 Å². The number of carbonyl (C=O) groups is 1. The molecule has 6 heteroatoms. The molecule has 1 aliphatic heterocycles. The van der Waals surface area contributed by atoms with E-state index in [1.54, 1.807) is 23.9 Å². The van der Waals surface area contributed by atoms with Crippen molar-refractivity contribution < 1.29 is 9.18 Å². The van der Waals surface area contributed by atoms with E-state index in [4.69, 9.17) is 11.6 Å². The number of carbonyl (C=O) groups excluding carboxylic acids is 1. The van der Waals surface area contributed by atoms with Gasteiger partial charge in [0.25, 0.3) is 0 Å². The Hall–Kier alpha value is -0.780. The highest BCUT2D eigenvalue weighted by Crippen LogP contribution is 2.24. The Morgan fingerprint density at radius 2 is 1.91 bits per heavy atom. The van der Waals surface area contributed by atoms with Crippen LogP contribution in [0.1, 0.15) is 26.3 Å². The Kier molecular flexibility index (Phi) is 6.34. The molecule has 1 amide bonds. The minimum Gasteiger partial charge on any atom is -0.339 e. The summed E-state index contributed by atoms with van der Waals surface area (Å²) in [4.78, 5) is 16.3. The topological polar surface area (TPSA) is 23.6 Å². The maximum absolute atomic E-state index is 13.8. The second kappa shape index (κ2) is 7.86. The highest BCUT2D eigenvalue weighted by molar-refractivity contribution is 8.01. The van der Waals surface area contributed by atoms with Crippen LogP contribution in [0.25, 0.3) is 0 Å². The molecule has 0 aliphatic carbocycles. The summed E-state index contributed by atoms with van der Waals surface area (Å²) >= 11 is 7.75. The number of rotatable bonds is 4. The van der Waals surface area contributed by atoms with Crippen LogP contribution in [-0.4, -0.2) is 52.4 Å². The van der Waals surface area contributed by atoms with Gasteiger partial charge in [-0.05, 0) is 12.1 Å². The first-order valence-electron chi connectivity index (χ1n) is 7.83. The molecule has 0 unspecified atom stereocenters. The number of amides is 1. The zero-order valence-corrected chi connectivity index (χ0v) is 15.5. The number of hydrogen-bond donors (Lipinski definition) is 0. The number of nitrogens with zero attached hydrogens (tertiary/aromatic N) is 2. The van der Waals surface area contributed by atoms with Crippen LogP contribution < -0.4 is 0 Å². The van der Waals surface area contributed by atoms with Gasteiger partial charge in [-0.2, -0.15) is 0 Å². The molecule has 128 valence electrons. The number of hydrogen-bond acceptors (Lipinski definition) is 3. The van der Waals surface area contributed by atoms with E-state index in [0.29, 0.717) is 36.0 Å². The third kappa shape index (κ3) is 5.66. The highest BCUT2D eigenvalue weighted by atomic mass is 35.5. The zero-order chi connectivity index (χ0) is 17.0. The fraction of sp³-hybridized carbons (Fsp3) is 0.588. The lowest BCUT2D eigenvalue weighted by Gasteiger charge is -2.35. The summed E-state index contributed by atoms with van der Waals surface area (Å²) in [5, 5.41) is 0.463. The van der Waals surface area contributed by atoms with E-state index in [1.165, 1.54) is 6.07 Å². The first-order valence-corrected chi connectivity index (χ1v) is 9.19. The Balaban J connectivity index is 1.83. The molecular weight excluding hydrogens is 335 g/mol. The number of halogens is 2. The van der Waals surface area contributed by atoms with E-state index in [1.807, 2.05) is 4.90 Å². The smallest absolute Gasteiger partial charge is 0.232 e. The van der Waals surface area contributed by atoms with Crippen LogP contribution in [-0.2, 0) is 11.3 Å². The van der Waals surface area contributed by atoms with Gasteiger partial charge >= 0.3 is 0 Å². The maximum atomic E-state index is 13.8. The quantitative estimate of drug-likeness (QED) is 0.820. The molecule has 1 saturated heterocycles. The minimum atomic E-state index is -0.266. The summed E-state index contributed by atoms with van der Waals surface area (Å²) in [6, 6.07) is 4.76.